The first-order valence-electron chi connectivity index (χ1n) is 6.93. The van der Waals surface area contributed by atoms with E-state index >= 15 is 0 Å². The monoisotopic (exact) mass is 293 g/mol. The normalized spacial score (nSPS) is 10.8. The van der Waals surface area contributed by atoms with E-state index < -0.39 is 0 Å². The van der Waals surface area contributed by atoms with Crippen molar-refractivity contribution >= 4 is 22.2 Å². The highest BCUT2D eigenvalue weighted by Gasteiger charge is 2.12. The molecule has 0 amide bonds. The number of halogens is 1. The Kier molecular flexibility index (Phi) is 5.49. The van der Waals surface area contributed by atoms with Gasteiger partial charge in [0.25, 0.3) is 0 Å². The van der Waals surface area contributed by atoms with E-state index in [-0.39, 0.29) is 5.82 Å². The van der Waals surface area contributed by atoms with Gasteiger partial charge in [0.15, 0.2) is 5.13 Å². The van der Waals surface area contributed by atoms with E-state index in [2.05, 4.69) is 17.2 Å². The van der Waals surface area contributed by atoms with Crippen molar-refractivity contribution in [2.75, 3.05) is 18.0 Å². The number of hydrogen-bond acceptors (Lipinski definition) is 4. The average Bonchev–Trinajstić information content (AvgIpc) is 2.89. The summed E-state index contributed by atoms with van der Waals surface area (Å²) in [5.74, 6) is -0.220. The summed E-state index contributed by atoms with van der Waals surface area (Å²) in [6.07, 6.45) is 3.01. The summed E-state index contributed by atoms with van der Waals surface area (Å²) in [5, 5.41) is 4.27. The molecule has 5 heteroatoms. The zero-order valence-electron chi connectivity index (χ0n) is 11.9. The second kappa shape index (κ2) is 7.36. The van der Waals surface area contributed by atoms with Gasteiger partial charge in [-0.15, -0.1) is 11.3 Å². The van der Waals surface area contributed by atoms with Crippen LogP contribution in [-0.4, -0.2) is 18.1 Å². The van der Waals surface area contributed by atoms with Crippen LogP contribution in [-0.2, 0) is 6.54 Å². The molecule has 0 aliphatic rings. The second-order valence-corrected chi connectivity index (χ2v) is 5.60. The molecule has 0 atom stereocenters. The van der Waals surface area contributed by atoms with Crippen molar-refractivity contribution in [1.82, 2.24) is 10.3 Å². The number of hydrogen-bond donors (Lipinski definition) is 1. The van der Waals surface area contributed by atoms with E-state index in [0.29, 0.717) is 0 Å². The minimum Gasteiger partial charge on any atom is -0.318 e. The molecule has 2 rings (SSSR count). The molecular weight excluding hydrogens is 273 g/mol. The molecule has 108 valence electrons. The second-order valence-electron chi connectivity index (χ2n) is 4.51. The van der Waals surface area contributed by atoms with Crippen molar-refractivity contribution in [1.29, 1.82) is 0 Å². The smallest absolute Gasteiger partial charge is 0.190 e. The molecule has 1 aromatic heterocycles. The molecule has 2 aromatic rings. The molecule has 0 radical (unpaired) electrons. The van der Waals surface area contributed by atoms with Gasteiger partial charge in [0.2, 0.25) is 0 Å². The van der Waals surface area contributed by atoms with Crippen LogP contribution in [0.2, 0.25) is 0 Å². The number of nitrogens with zero attached hydrogens (tertiary/aromatic N) is 2. The largest absolute Gasteiger partial charge is 0.318 e. The van der Waals surface area contributed by atoms with E-state index in [4.69, 9.17) is 0 Å². The van der Waals surface area contributed by atoms with Gasteiger partial charge in [-0.2, -0.15) is 0 Å². The SMILES string of the molecule is CCCNCc1cnc(N(CC)c2cccc(F)c2)s1. The molecule has 0 aliphatic carbocycles. The van der Waals surface area contributed by atoms with Crippen molar-refractivity contribution in [3.05, 3.63) is 41.2 Å². The topological polar surface area (TPSA) is 28.2 Å². The van der Waals surface area contributed by atoms with Gasteiger partial charge in [-0.1, -0.05) is 13.0 Å². The van der Waals surface area contributed by atoms with Crippen LogP contribution in [0, 0.1) is 5.82 Å². The van der Waals surface area contributed by atoms with Gasteiger partial charge in [-0.05, 0) is 38.1 Å². The van der Waals surface area contributed by atoms with Crippen LogP contribution < -0.4 is 10.2 Å². The lowest BCUT2D eigenvalue weighted by atomic mass is 10.3. The van der Waals surface area contributed by atoms with E-state index in [9.17, 15) is 4.39 Å². The van der Waals surface area contributed by atoms with Gasteiger partial charge in [0, 0.05) is 29.9 Å². The number of nitrogens with one attached hydrogen (secondary N) is 1. The molecule has 1 heterocycles. The van der Waals surface area contributed by atoms with E-state index in [1.165, 1.54) is 10.9 Å². The summed E-state index contributed by atoms with van der Waals surface area (Å²) in [5.41, 5.74) is 0.843. The molecule has 0 saturated heterocycles. The van der Waals surface area contributed by atoms with Crippen molar-refractivity contribution in [2.45, 2.75) is 26.8 Å². The van der Waals surface area contributed by atoms with Crippen LogP contribution in [0.1, 0.15) is 25.1 Å². The summed E-state index contributed by atoms with van der Waals surface area (Å²) in [4.78, 5) is 7.68. The third kappa shape index (κ3) is 3.77. The van der Waals surface area contributed by atoms with Crippen LogP contribution in [0.5, 0.6) is 0 Å². The summed E-state index contributed by atoms with van der Waals surface area (Å²) >= 11 is 1.65. The Morgan fingerprint density at radius 3 is 2.90 bits per heavy atom. The molecule has 0 spiro atoms. The van der Waals surface area contributed by atoms with Gasteiger partial charge >= 0.3 is 0 Å². The van der Waals surface area contributed by atoms with Gasteiger partial charge in [-0.3, -0.25) is 0 Å². The van der Waals surface area contributed by atoms with Gasteiger partial charge in [0.05, 0.1) is 0 Å². The first-order chi connectivity index (χ1) is 9.74. The minimum absolute atomic E-state index is 0.220. The fraction of sp³-hybridized carbons (Fsp3) is 0.400. The quantitative estimate of drug-likeness (QED) is 0.784. The first kappa shape index (κ1) is 14.9. The van der Waals surface area contributed by atoms with Crippen LogP contribution in [0.3, 0.4) is 0 Å². The molecule has 0 aliphatic heterocycles. The minimum atomic E-state index is -0.220. The van der Waals surface area contributed by atoms with Crippen LogP contribution >= 0.6 is 11.3 Å². The zero-order valence-corrected chi connectivity index (χ0v) is 12.7. The maximum Gasteiger partial charge on any atom is 0.190 e. The highest BCUT2D eigenvalue weighted by molar-refractivity contribution is 7.15. The Bertz CT molecular complexity index is 541. The van der Waals surface area contributed by atoms with Gasteiger partial charge in [0.1, 0.15) is 5.82 Å². The summed E-state index contributed by atoms with van der Waals surface area (Å²) < 4.78 is 13.3. The number of thiazole rings is 1. The van der Waals surface area contributed by atoms with E-state index in [1.807, 2.05) is 24.1 Å². The Labute approximate surface area is 123 Å². The first-order valence-corrected chi connectivity index (χ1v) is 7.74. The fourth-order valence-corrected chi connectivity index (χ4v) is 2.93. The Balaban J connectivity index is 2.12. The molecule has 0 fully saturated rings. The van der Waals surface area contributed by atoms with Crippen molar-refractivity contribution in [3.8, 4) is 0 Å². The standard InChI is InChI=1S/C15H20FN3S/c1-3-8-17-10-14-11-18-15(20-14)19(4-2)13-7-5-6-12(16)9-13/h5-7,9,11,17H,3-4,8,10H2,1-2H3. The highest BCUT2D eigenvalue weighted by Crippen LogP contribution is 2.29. The molecule has 0 unspecified atom stereocenters. The number of aromatic nitrogens is 1. The Morgan fingerprint density at radius 1 is 1.35 bits per heavy atom. The zero-order chi connectivity index (χ0) is 14.4. The Hall–Kier alpha value is -1.46. The fourth-order valence-electron chi connectivity index (χ4n) is 1.96. The maximum atomic E-state index is 13.3. The predicted octanol–water partition coefficient (Wildman–Crippen LogP) is 3.94. The number of rotatable bonds is 7. The molecular formula is C15H20FN3S. The number of anilines is 2. The number of benzene rings is 1. The van der Waals surface area contributed by atoms with Crippen molar-refractivity contribution in [3.63, 3.8) is 0 Å². The van der Waals surface area contributed by atoms with Crippen LogP contribution in [0.15, 0.2) is 30.5 Å². The van der Waals surface area contributed by atoms with E-state index in [1.54, 1.807) is 23.5 Å². The summed E-state index contributed by atoms with van der Waals surface area (Å²) in [6.45, 7) is 6.80. The molecule has 3 nitrogen and oxygen atoms in total. The van der Waals surface area contributed by atoms with Crippen molar-refractivity contribution in [2.24, 2.45) is 0 Å². The highest BCUT2D eigenvalue weighted by atomic mass is 32.1. The Morgan fingerprint density at radius 2 is 2.20 bits per heavy atom. The van der Waals surface area contributed by atoms with Crippen molar-refractivity contribution < 1.29 is 4.39 Å². The van der Waals surface area contributed by atoms with Gasteiger partial charge in [-0.25, -0.2) is 9.37 Å². The summed E-state index contributed by atoms with van der Waals surface area (Å²) in [6, 6.07) is 6.63. The third-order valence-corrected chi connectivity index (χ3v) is 3.95. The van der Waals surface area contributed by atoms with Crippen LogP contribution in [0.4, 0.5) is 15.2 Å². The lowest BCUT2D eigenvalue weighted by Gasteiger charge is -2.19. The van der Waals surface area contributed by atoms with E-state index in [0.717, 1.165) is 36.9 Å². The molecule has 1 N–H and O–H groups in total. The predicted molar refractivity (Wildman–Crippen MR) is 83.2 cm³/mol. The molecule has 0 bridgehead atoms. The average molecular weight is 293 g/mol. The molecule has 0 saturated carbocycles. The maximum absolute atomic E-state index is 13.3. The van der Waals surface area contributed by atoms with Gasteiger partial charge < -0.3 is 10.2 Å². The molecule has 20 heavy (non-hydrogen) atoms. The molecule has 1 aromatic carbocycles. The van der Waals surface area contributed by atoms with Crippen LogP contribution in [0.25, 0.3) is 0 Å². The summed E-state index contributed by atoms with van der Waals surface area (Å²) in [7, 11) is 0. The lowest BCUT2D eigenvalue weighted by Crippen LogP contribution is -2.15. The lowest BCUT2D eigenvalue weighted by molar-refractivity contribution is 0.627. The third-order valence-electron chi connectivity index (χ3n) is 2.93.